The molecule has 2 aromatic rings. The van der Waals surface area contributed by atoms with E-state index in [1.165, 1.54) is 12.0 Å². The first-order valence-electron chi connectivity index (χ1n) is 3.84. The van der Waals surface area contributed by atoms with Crippen LogP contribution in [0.4, 0.5) is 0 Å². The number of nitrogens with one attached hydrogen (secondary N) is 1. The van der Waals surface area contributed by atoms with Crippen molar-refractivity contribution >= 4 is 12.0 Å². The molecule has 0 aliphatic carbocycles. The Labute approximate surface area is 80.4 Å². The van der Waals surface area contributed by atoms with Crippen molar-refractivity contribution in [3.63, 3.8) is 0 Å². The summed E-state index contributed by atoms with van der Waals surface area (Å²) in [6.45, 7) is 0. The zero-order valence-corrected chi connectivity index (χ0v) is 7.62. The standard InChI is InChI=1S/C9H8N2OS/c1-2-4-8(5-3-1)13-12-9-10-6-7-11-9/h1-7H,(H,10,11). The third kappa shape index (κ3) is 2.26. The molecule has 1 heterocycles. The minimum atomic E-state index is 0.522. The molecule has 66 valence electrons. The Balaban J connectivity index is 1.94. The Morgan fingerprint density at radius 2 is 2.08 bits per heavy atom. The van der Waals surface area contributed by atoms with Gasteiger partial charge in [-0.05, 0) is 12.1 Å². The van der Waals surface area contributed by atoms with Crippen LogP contribution in [-0.4, -0.2) is 9.97 Å². The average Bonchev–Trinajstić information content (AvgIpc) is 2.69. The Morgan fingerprint density at radius 1 is 1.23 bits per heavy atom. The average molecular weight is 192 g/mol. The van der Waals surface area contributed by atoms with Gasteiger partial charge in [0.1, 0.15) is 0 Å². The molecule has 4 heteroatoms. The first kappa shape index (κ1) is 8.19. The van der Waals surface area contributed by atoms with E-state index in [0.29, 0.717) is 6.01 Å². The van der Waals surface area contributed by atoms with Gasteiger partial charge in [-0.15, -0.1) is 0 Å². The van der Waals surface area contributed by atoms with Gasteiger partial charge >= 0.3 is 6.01 Å². The molecule has 0 atom stereocenters. The fourth-order valence-electron chi connectivity index (χ4n) is 0.860. The number of aromatic nitrogens is 2. The molecule has 0 saturated carbocycles. The van der Waals surface area contributed by atoms with Crippen molar-refractivity contribution in [1.29, 1.82) is 0 Å². The molecular weight excluding hydrogens is 184 g/mol. The van der Waals surface area contributed by atoms with Crippen molar-refractivity contribution in [3.8, 4) is 6.01 Å². The summed E-state index contributed by atoms with van der Waals surface area (Å²) in [6.07, 6.45) is 3.38. The second kappa shape index (κ2) is 4.00. The van der Waals surface area contributed by atoms with Crippen molar-refractivity contribution in [2.75, 3.05) is 0 Å². The maximum atomic E-state index is 5.28. The molecule has 2 rings (SSSR count). The highest BCUT2D eigenvalue weighted by Gasteiger charge is 1.96. The molecule has 0 radical (unpaired) electrons. The summed E-state index contributed by atoms with van der Waals surface area (Å²) in [6, 6.07) is 10.4. The van der Waals surface area contributed by atoms with Crippen LogP contribution in [-0.2, 0) is 0 Å². The number of hydrogen-bond acceptors (Lipinski definition) is 3. The molecule has 0 aliphatic rings. The van der Waals surface area contributed by atoms with Gasteiger partial charge in [-0.3, -0.25) is 0 Å². The van der Waals surface area contributed by atoms with Crippen LogP contribution in [0.2, 0.25) is 0 Å². The van der Waals surface area contributed by atoms with Crippen molar-refractivity contribution in [2.24, 2.45) is 0 Å². The van der Waals surface area contributed by atoms with Crippen molar-refractivity contribution < 1.29 is 4.18 Å². The third-order valence-electron chi connectivity index (χ3n) is 1.43. The van der Waals surface area contributed by atoms with Crippen LogP contribution in [0.15, 0.2) is 47.6 Å². The highest BCUT2D eigenvalue weighted by Crippen LogP contribution is 2.19. The molecule has 3 nitrogen and oxygen atoms in total. The van der Waals surface area contributed by atoms with Gasteiger partial charge in [0.25, 0.3) is 0 Å². The van der Waals surface area contributed by atoms with E-state index < -0.39 is 0 Å². The van der Waals surface area contributed by atoms with Crippen molar-refractivity contribution in [1.82, 2.24) is 9.97 Å². The van der Waals surface area contributed by atoms with Gasteiger partial charge in [0.15, 0.2) is 0 Å². The minimum Gasteiger partial charge on any atom is -0.385 e. The van der Waals surface area contributed by atoms with E-state index in [0.717, 1.165) is 4.90 Å². The summed E-state index contributed by atoms with van der Waals surface area (Å²) in [5, 5.41) is 0. The number of imidazole rings is 1. The number of nitrogens with zero attached hydrogens (tertiary/aromatic N) is 1. The lowest BCUT2D eigenvalue weighted by Gasteiger charge is -1.98. The molecule has 0 fully saturated rings. The first-order valence-corrected chi connectivity index (χ1v) is 4.58. The molecule has 1 aromatic carbocycles. The number of hydrogen-bond donors (Lipinski definition) is 1. The van der Waals surface area contributed by atoms with Gasteiger partial charge in [-0.2, -0.15) is 0 Å². The lowest BCUT2D eigenvalue weighted by molar-refractivity contribution is 0.594. The fraction of sp³-hybridized carbons (Fsp3) is 0. The van der Waals surface area contributed by atoms with E-state index in [-0.39, 0.29) is 0 Å². The molecule has 1 N–H and O–H groups in total. The number of H-pyrrole nitrogens is 1. The molecule has 0 unspecified atom stereocenters. The third-order valence-corrected chi connectivity index (χ3v) is 2.14. The van der Waals surface area contributed by atoms with Crippen LogP contribution < -0.4 is 4.18 Å². The molecule has 0 amide bonds. The maximum Gasteiger partial charge on any atom is 0.306 e. The molecule has 13 heavy (non-hydrogen) atoms. The monoisotopic (exact) mass is 192 g/mol. The van der Waals surface area contributed by atoms with Crippen LogP contribution in [0.1, 0.15) is 0 Å². The van der Waals surface area contributed by atoms with Crippen LogP contribution in [0.25, 0.3) is 0 Å². The fourth-order valence-corrected chi connectivity index (χ4v) is 1.39. The predicted molar refractivity (Wildman–Crippen MR) is 51.5 cm³/mol. The van der Waals surface area contributed by atoms with Crippen LogP contribution >= 0.6 is 12.0 Å². The summed E-state index contributed by atoms with van der Waals surface area (Å²) in [4.78, 5) is 7.84. The Hall–Kier alpha value is -1.42. The zero-order valence-electron chi connectivity index (χ0n) is 6.81. The van der Waals surface area contributed by atoms with Gasteiger partial charge in [0.2, 0.25) is 0 Å². The van der Waals surface area contributed by atoms with Crippen LogP contribution in [0.5, 0.6) is 6.01 Å². The largest absolute Gasteiger partial charge is 0.385 e. The van der Waals surface area contributed by atoms with E-state index in [9.17, 15) is 0 Å². The summed E-state index contributed by atoms with van der Waals surface area (Å²) < 4.78 is 5.28. The van der Waals surface area contributed by atoms with E-state index in [1.807, 2.05) is 30.3 Å². The SMILES string of the molecule is c1ccc(SOc2ncc[nH]2)cc1. The maximum absolute atomic E-state index is 5.28. The molecule has 0 bridgehead atoms. The second-order valence-electron chi connectivity index (χ2n) is 2.37. The summed E-state index contributed by atoms with van der Waals surface area (Å²) in [5.74, 6) is 0. The minimum absolute atomic E-state index is 0.522. The quantitative estimate of drug-likeness (QED) is 0.759. The number of aromatic amines is 1. The van der Waals surface area contributed by atoms with Gasteiger partial charge in [0.05, 0.1) is 12.0 Å². The summed E-state index contributed by atoms with van der Waals surface area (Å²) in [5.41, 5.74) is 0. The molecule has 0 aliphatic heterocycles. The lowest BCUT2D eigenvalue weighted by atomic mass is 10.4. The van der Waals surface area contributed by atoms with E-state index >= 15 is 0 Å². The van der Waals surface area contributed by atoms with Gasteiger partial charge in [-0.1, -0.05) is 18.2 Å². The smallest absolute Gasteiger partial charge is 0.306 e. The van der Waals surface area contributed by atoms with Crippen molar-refractivity contribution in [2.45, 2.75) is 4.90 Å². The summed E-state index contributed by atoms with van der Waals surface area (Å²) in [7, 11) is 0. The van der Waals surface area contributed by atoms with Gasteiger partial charge < -0.3 is 9.17 Å². The number of benzene rings is 1. The van der Waals surface area contributed by atoms with Crippen LogP contribution in [0.3, 0.4) is 0 Å². The molecule has 1 aromatic heterocycles. The Kier molecular flexibility index (Phi) is 2.52. The highest BCUT2D eigenvalue weighted by atomic mass is 32.2. The van der Waals surface area contributed by atoms with E-state index in [1.54, 1.807) is 12.4 Å². The van der Waals surface area contributed by atoms with Gasteiger partial charge in [0, 0.05) is 17.3 Å². The van der Waals surface area contributed by atoms with Crippen LogP contribution in [0, 0.1) is 0 Å². The van der Waals surface area contributed by atoms with E-state index in [2.05, 4.69) is 9.97 Å². The second-order valence-corrected chi connectivity index (χ2v) is 3.18. The summed E-state index contributed by atoms with van der Waals surface area (Å²) >= 11 is 1.28. The lowest BCUT2D eigenvalue weighted by Crippen LogP contribution is -1.82. The highest BCUT2D eigenvalue weighted by molar-refractivity contribution is 7.95. The number of rotatable bonds is 3. The topological polar surface area (TPSA) is 37.9 Å². The Bertz CT molecular complexity index is 347. The molecule has 0 saturated heterocycles. The first-order chi connectivity index (χ1) is 6.45. The predicted octanol–water partition coefficient (Wildman–Crippen LogP) is 2.50. The zero-order chi connectivity index (χ0) is 8.93. The molecule has 0 spiro atoms. The Morgan fingerprint density at radius 3 is 2.77 bits per heavy atom. The van der Waals surface area contributed by atoms with Crippen molar-refractivity contribution in [3.05, 3.63) is 42.7 Å². The normalized spacial score (nSPS) is 9.85. The van der Waals surface area contributed by atoms with E-state index in [4.69, 9.17) is 4.18 Å². The van der Waals surface area contributed by atoms with Gasteiger partial charge in [-0.25, -0.2) is 4.98 Å². The molecular formula is C9H8N2OS.